The monoisotopic (exact) mass is 264 g/mol. The van der Waals surface area contributed by atoms with E-state index in [1.807, 2.05) is 6.07 Å². The van der Waals surface area contributed by atoms with E-state index in [0.717, 1.165) is 50.4 Å². The summed E-state index contributed by atoms with van der Waals surface area (Å²) < 4.78 is 0. The molecule has 0 aromatic carbocycles. The lowest BCUT2D eigenvalue weighted by Gasteiger charge is -2.33. The van der Waals surface area contributed by atoms with Gasteiger partial charge in [-0.3, -0.25) is 0 Å². The summed E-state index contributed by atoms with van der Waals surface area (Å²) in [7, 11) is 0. The largest absolute Gasteiger partial charge is 0.396 e. The van der Waals surface area contributed by atoms with Gasteiger partial charge in [-0.15, -0.1) is 0 Å². The van der Waals surface area contributed by atoms with Crippen LogP contribution in [0.1, 0.15) is 38.4 Å². The van der Waals surface area contributed by atoms with E-state index in [9.17, 15) is 0 Å². The quantitative estimate of drug-likeness (QED) is 0.845. The molecule has 5 heteroatoms. The molecule has 0 bridgehead atoms. The number of aliphatic hydroxyl groups is 1. The Morgan fingerprint density at radius 1 is 1.47 bits per heavy atom. The first kappa shape index (κ1) is 14.1. The summed E-state index contributed by atoms with van der Waals surface area (Å²) >= 11 is 0. The molecule has 19 heavy (non-hydrogen) atoms. The van der Waals surface area contributed by atoms with Crippen LogP contribution in [0.5, 0.6) is 0 Å². The van der Waals surface area contributed by atoms with Crippen molar-refractivity contribution >= 4 is 11.6 Å². The average Bonchev–Trinajstić information content (AvgIpc) is 2.39. The van der Waals surface area contributed by atoms with Gasteiger partial charge in [0.05, 0.1) is 0 Å². The Labute approximate surface area is 114 Å². The lowest BCUT2D eigenvalue weighted by atomic mass is 9.95. The van der Waals surface area contributed by atoms with Crippen LogP contribution in [0.3, 0.4) is 0 Å². The molecule has 106 valence electrons. The molecule has 1 atom stereocenters. The smallest absolute Gasteiger partial charge is 0.134 e. The van der Waals surface area contributed by atoms with Crippen LogP contribution in [0.2, 0.25) is 0 Å². The van der Waals surface area contributed by atoms with E-state index in [4.69, 9.17) is 10.8 Å². The molecule has 1 unspecified atom stereocenters. The van der Waals surface area contributed by atoms with Crippen molar-refractivity contribution in [1.82, 2.24) is 9.97 Å². The molecule has 2 heterocycles. The summed E-state index contributed by atoms with van der Waals surface area (Å²) in [5, 5.41) is 9.07. The predicted octanol–water partition coefficient (Wildman–Crippen LogP) is 1.61. The van der Waals surface area contributed by atoms with Crippen LogP contribution in [-0.4, -0.2) is 34.8 Å². The number of hydrogen-bond donors (Lipinski definition) is 2. The minimum atomic E-state index is 0.269. The summed E-state index contributed by atoms with van der Waals surface area (Å²) in [6.07, 6.45) is 5.11. The molecule has 5 nitrogen and oxygen atoms in total. The van der Waals surface area contributed by atoms with Gasteiger partial charge < -0.3 is 15.7 Å². The fraction of sp³-hybridized carbons (Fsp3) is 0.714. The summed E-state index contributed by atoms with van der Waals surface area (Å²) in [6, 6.07) is 1.86. The van der Waals surface area contributed by atoms with Crippen molar-refractivity contribution in [2.75, 3.05) is 30.3 Å². The summed E-state index contributed by atoms with van der Waals surface area (Å²) in [5.41, 5.74) is 5.87. The maximum Gasteiger partial charge on any atom is 0.134 e. The van der Waals surface area contributed by atoms with Gasteiger partial charge in [-0.25, -0.2) is 9.97 Å². The minimum absolute atomic E-state index is 0.269. The van der Waals surface area contributed by atoms with Crippen molar-refractivity contribution in [2.45, 2.75) is 39.0 Å². The molecule has 0 saturated carbocycles. The molecule has 3 N–H and O–H groups in total. The van der Waals surface area contributed by atoms with Gasteiger partial charge in [0.15, 0.2) is 0 Å². The summed E-state index contributed by atoms with van der Waals surface area (Å²) in [5.74, 6) is 2.89. The van der Waals surface area contributed by atoms with Gasteiger partial charge >= 0.3 is 0 Å². The van der Waals surface area contributed by atoms with E-state index in [0.29, 0.717) is 11.7 Å². The normalized spacial score (nSPS) is 19.7. The van der Waals surface area contributed by atoms with Gasteiger partial charge in [-0.05, 0) is 31.6 Å². The van der Waals surface area contributed by atoms with Crippen LogP contribution in [-0.2, 0) is 6.42 Å². The first-order chi connectivity index (χ1) is 9.22. The van der Waals surface area contributed by atoms with Gasteiger partial charge in [-0.2, -0.15) is 0 Å². The van der Waals surface area contributed by atoms with Crippen LogP contribution in [0, 0.1) is 5.92 Å². The van der Waals surface area contributed by atoms with Crippen LogP contribution in [0.15, 0.2) is 6.07 Å². The minimum Gasteiger partial charge on any atom is -0.396 e. The summed E-state index contributed by atoms with van der Waals surface area (Å²) in [6.45, 7) is 4.36. The fourth-order valence-corrected chi connectivity index (χ4v) is 2.69. The number of nitrogens with two attached hydrogens (primary N) is 1. The molecule has 0 radical (unpaired) electrons. The van der Waals surface area contributed by atoms with E-state index >= 15 is 0 Å². The topological polar surface area (TPSA) is 75.3 Å². The van der Waals surface area contributed by atoms with Crippen molar-refractivity contribution in [1.29, 1.82) is 0 Å². The zero-order chi connectivity index (χ0) is 13.7. The zero-order valence-corrected chi connectivity index (χ0v) is 11.7. The average molecular weight is 264 g/mol. The van der Waals surface area contributed by atoms with E-state index in [1.54, 1.807) is 0 Å². The maximum absolute atomic E-state index is 9.07. The van der Waals surface area contributed by atoms with E-state index in [2.05, 4.69) is 21.8 Å². The highest BCUT2D eigenvalue weighted by molar-refractivity contribution is 5.47. The molecule has 1 aliphatic rings. The molecule has 0 spiro atoms. The number of nitrogen functional groups attached to an aromatic ring is 1. The number of aromatic nitrogens is 2. The van der Waals surface area contributed by atoms with Crippen molar-refractivity contribution in [3.8, 4) is 0 Å². The van der Waals surface area contributed by atoms with Gasteiger partial charge in [0.25, 0.3) is 0 Å². The van der Waals surface area contributed by atoms with Crippen LogP contribution < -0.4 is 10.6 Å². The number of rotatable bonds is 5. The molecule has 1 aromatic heterocycles. The van der Waals surface area contributed by atoms with E-state index < -0.39 is 0 Å². The van der Waals surface area contributed by atoms with Gasteiger partial charge in [0.2, 0.25) is 0 Å². The lowest BCUT2D eigenvalue weighted by Crippen LogP contribution is -2.36. The highest BCUT2D eigenvalue weighted by Crippen LogP contribution is 2.24. The molecule has 0 aliphatic carbocycles. The number of nitrogens with zero attached hydrogens (tertiary/aromatic N) is 3. The predicted molar refractivity (Wildman–Crippen MR) is 77.1 cm³/mol. The SMILES string of the molecule is CCCc1nc(N)cc(N2CCCC(CCO)C2)n1. The number of piperidine rings is 1. The first-order valence-electron chi connectivity index (χ1n) is 7.22. The standard InChI is InChI=1S/C14H24N4O/c1-2-4-13-16-12(15)9-14(17-13)18-7-3-5-11(10-18)6-8-19/h9,11,19H,2-8,10H2,1H3,(H2,15,16,17). The highest BCUT2D eigenvalue weighted by atomic mass is 16.3. The van der Waals surface area contributed by atoms with Crippen molar-refractivity contribution in [3.63, 3.8) is 0 Å². The van der Waals surface area contributed by atoms with Crippen LogP contribution in [0.25, 0.3) is 0 Å². The molecule has 0 amide bonds. The van der Waals surface area contributed by atoms with Gasteiger partial charge in [-0.1, -0.05) is 6.92 Å². The van der Waals surface area contributed by atoms with Gasteiger partial charge in [0.1, 0.15) is 17.5 Å². The Hall–Kier alpha value is -1.36. The molecule has 1 fully saturated rings. The third-order valence-electron chi connectivity index (χ3n) is 3.63. The number of aliphatic hydroxyl groups excluding tert-OH is 1. The van der Waals surface area contributed by atoms with E-state index in [-0.39, 0.29) is 6.61 Å². The van der Waals surface area contributed by atoms with Crippen molar-refractivity contribution < 1.29 is 5.11 Å². The molecular formula is C14H24N4O. The summed E-state index contributed by atoms with van der Waals surface area (Å²) in [4.78, 5) is 11.2. The Balaban J connectivity index is 2.11. The molecule has 1 aromatic rings. The van der Waals surface area contributed by atoms with Crippen molar-refractivity contribution in [3.05, 3.63) is 11.9 Å². The molecule has 1 saturated heterocycles. The molecule has 2 rings (SSSR count). The second-order valence-corrected chi connectivity index (χ2v) is 5.28. The van der Waals surface area contributed by atoms with E-state index in [1.165, 1.54) is 6.42 Å². The molecule has 1 aliphatic heterocycles. The maximum atomic E-state index is 9.07. The second kappa shape index (κ2) is 6.70. The number of hydrogen-bond acceptors (Lipinski definition) is 5. The third-order valence-corrected chi connectivity index (χ3v) is 3.63. The second-order valence-electron chi connectivity index (χ2n) is 5.28. The Bertz CT molecular complexity index is 408. The Morgan fingerprint density at radius 2 is 2.32 bits per heavy atom. The number of anilines is 2. The lowest BCUT2D eigenvalue weighted by molar-refractivity contribution is 0.244. The fourth-order valence-electron chi connectivity index (χ4n) is 2.69. The molecular weight excluding hydrogens is 240 g/mol. The third kappa shape index (κ3) is 3.80. The van der Waals surface area contributed by atoms with Crippen molar-refractivity contribution in [2.24, 2.45) is 5.92 Å². The number of aryl methyl sites for hydroxylation is 1. The van der Waals surface area contributed by atoms with Crippen LogP contribution in [0.4, 0.5) is 11.6 Å². The van der Waals surface area contributed by atoms with Gasteiger partial charge in [0, 0.05) is 32.2 Å². The zero-order valence-electron chi connectivity index (χ0n) is 11.7. The Morgan fingerprint density at radius 3 is 3.05 bits per heavy atom. The Kier molecular flexibility index (Phi) is 4.96. The first-order valence-corrected chi connectivity index (χ1v) is 7.22. The highest BCUT2D eigenvalue weighted by Gasteiger charge is 2.21. The van der Waals surface area contributed by atoms with Crippen LogP contribution >= 0.6 is 0 Å².